The van der Waals surface area contributed by atoms with Crippen molar-refractivity contribution in [2.75, 3.05) is 25.5 Å². The molecule has 33 heavy (non-hydrogen) atoms. The smallest absolute Gasteiger partial charge is 0.373 e. The second-order valence-corrected chi connectivity index (χ2v) is 13.1. The van der Waals surface area contributed by atoms with Crippen molar-refractivity contribution in [1.82, 2.24) is 5.48 Å². The van der Waals surface area contributed by atoms with Gasteiger partial charge in [-0.05, 0) is 37.4 Å². The Bertz CT molecular complexity index is 407. The highest BCUT2D eigenvalue weighted by Gasteiger charge is 2.42. The van der Waals surface area contributed by atoms with Gasteiger partial charge >= 0.3 is 8.80 Å². The first-order valence-electron chi connectivity index (χ1n) is 14.6. The van der Waals surface area contributed by atoms with Gasteiger partial charge in [-0.3, -0.25) is 4.53 Å². The minimum atomic E-state index is -2.62. The molecule has 1 aliphatic rings. The van der Waals surface area contributed by atoms with Crippen molar-refractivity contribution in [3.63, 3.8) is 0 Å². The molecular formula is C27H57NO3SSi. The Balaban J connectivity index is 2.20. The Morgan fingerprint density at radius 1 is 0.788 bits per heavy atom. The van der Waals surface area contributed by atoms with Gasteiger partial charge in [-0.25, -0.2) is 5.48 Å². The average molecular weight is 504 g/mol. The van der Waals surface area contributed by atoms with E-state index >= 15 is 0 Å². The molecule has 2 atom stereocenters. The van der Waals surface area contributed by atoms with Gasteiger partial charge in [0.2, 0.25) is 0 Å². The molecule has 1 heterocycles. The van der Waals surface area contributed by atoms with E-state index in [9.17, 15) is 0 Å². The topological polar surface area (TPSA) is 39.7 Å². The van der Waals surface area contributed by atoms with Gasteiger partial charge < -0.3 is 8.85 Å². The third-order valence-corrected chi connectivity index (χ3v) is 9.90. The predicted molar refractivity (Wildman–Crippen MR) is 148 cm³/mol. The van der Waals surface area contributed by atoms with Crippen LogP contribution in [0.4, 0.5) is 0 Å². The molecule has 1 saturated heterocycles. The van der Waals surface area contributed by atoms with Crippen LogP contribution in [0.5, 0.6) is 0 Å². The molecule has 1 rings (SSSR count). The Morgan fingerprint density at radius 3 is 1.97 bits per heavy atom. The summed E-state index contributed by atoms with van der Waals surface area (Å²) >= 11 is 4.41. The monoisotopic (exact) mass is 503 g/mol. The first-order valence-corrected chi connectivity index (χ1v) is 17.1. The molecule has 0 radical (unpaired) electrons. The van der Waals surface area contributed by atoms with Crippen molar-refractivity contribution in [1.29, 1.82) is 0 Å². The van der Waals surface area contributed by atoms with Crippen LogP contribution in [0.2, 0.25) is 6.04 Å². The van der Waals surface area contributed by atoms with Crippen LogP contribution in [0.1, 0.15) is 136 Å². The highest BCUT2D eigenvalue weighted by molar-refractivity contribution is 7.80. The van der Waals surface area contributed by atoms with Gasteiger partial charge in [-0.2, -0.15) is 12.6 Å². The molecule has 0 aromatic heterocycles. The van der Waals surface area contributed by atoms with E-state index in [4.69, 9.17) is 13.4 Å². The van der Waals surface area contributed by atoms with E-state index in [1.807, 2.05) is 0 Å². The van der Waals surface area contributed by atoms with Gasteiger partial charge in [0, 0.05) is 25.8 Å². The van der Waals surface area contributed by atoms with E-state index in [0.29, 0.717) is 5.92 Å². The molecule has 6 heteroatoms. The summed E-state index contributed by atoms with van der Waals surface area (Å²) < 4.78 is 18.9. The maximum absolute atomic E-state index is 6.36. The van der Waals surface area contributed by atoms with Crippen molar-refractivity contribution in [3.8, 4) is 0 Å². The largest absolute Gasteiger partial charge is 0.517 e. The standard InChI is InChI=1S/C27H57NO3SSi/c1-3-5-7-9-11-13-15-17-20-27-21-23-30-33(25-19-24-32,31-28-26-27)29-22-18-16-14-12-10-8-6-4-2/h27-28,32H,3-26H2,1-2H3. The quantitative estimate of drug-likeness (QED) is 0.0882. The summed E-state index contributed by atoms with van der Waals surface area (Å²) in [6, 6.07) is 0.864. The fourth-order valence-electron chi connectivity index (χ4n) is 4.62. The molecule has 0 aromatic carbocycles. The second-order valence-electron chi connectivity index (χ2n) is 10.1. The molecule has 1 aliphatic heterocycles. The van der Waals surface area contributed by atoms with Crippen LogP contribution in [-0.2, 0) is 13.4 Å². The zero-order valence-electron chi connectivity index (χ0n) is 22.2. The van der Waals surface area contributed by atoms with Gasteiger partial charge in [-0.1, -0.05) is 110 Å². The fraction of sp³-hybridized carbons (Fsp3) is 1.00. The maximum atomic E-state index is 6.36. The number of unbranched alkanes of at least 4 members (excludes halogenated alkanes) is 14. The molecule has 4 nitrogen and oxygen atoms in total. The lowest BCUT2D eigenvalue weighted by atomic mass is 9.97. The maximum Gasteiger partial charge on any atom is 0.517 e. The summed E-state index contributed by atoms with van der Waals surface area (Å²) in [6.45, 7) is 7.02. The fourth-order valence-corrected chi connectivity index (χ4v) is 7.47. The van der Waals surface area contributed by atoms with Crippen molar-refractivity contribution in [2.24, 2.45) is 5.92 Å². The van der Waals surface area contributed by atoms with Crippen LogP contribution in [0.15, 0.2) is 0 Å². The molecule has 0 aliphatic carbocycles. The normalized spacial score (nSPS) is 21.7. The molecule has 2 unspecified atom stereocenters. The van der Waals surface area contributed by atoms with Crippen molar-refractivity contribution >= 4 is 21.4 Å². The molecule has 0 bridgehead atoms. The summed E-state index contributed by atoms with van der Waals surface area (Å²) in [5.41, 5.74) is 3.28. The van der Waals surface area contributed by atoms with E-state index in [1.54, 1.807) is 0 Å². The number of thiol groups is 1. The lowest BCUT2D eigenvalue weighted by molar-refractivity contribution is -0.00441. The van der Waals surface area contributed by atoms with Crippen LogP contribution in [0, 0.1) is 5.92 Å². The summed E-state index contributed by atoms with van der Waals surface area (Å²) in [4.78, 5) is 0. The number of hydrogen-bond donors (Lipinski definition) is 2. The SMILES string of the molecule is CCCCCCCCCCO[Si]1(CCCS)OCCC(CCCCCCCCCC)CNO1. The van der Waals surface area contributed by atoms with E-state index in [-0.39, 0.29) is 0 Å². The third kappa shape index (κ3) is 17.5. The number of nitrogens with one attached hydrogen (secondary N) is 1. The Labute approximate surface area is 213 Å². The van der Waals surface area contributed by atoms with Crippen molar-refractivity contribution in [2.45, 2.75) is 142 Å². The predicted octanol–water partition coefficient (Wildman–Crippen LogP) is 8.49. The van der Waals surface area contributed by atoms with Crippen LogP contribution in [0.3, 0.4) is 0 Å². The van der Waals surface area contributed by atoms with Gasteiger partial charge in [0.05, 0.1) is 0 Å². The molecule has 1 fully saturated rings. The molecular weight excluding hydrogens is 446 g/mol. The lowest BCUT2D eigenvalue weighted by Gasteiger charge is -2.33. The number of rotatable bonds is 22. The number of hydrogen-bond acceptors (Lipinski definition) is 5. The lowest BCUT2D eigenvalue weighted by Crippen LogP contribution is -2.52. The highest BCUT2D eigenvalue weighted by Crippen LogP contribution is 2.23. The Morgan fingerprint density at radius 2 is 1.36 bits per heavy atom. The molecule has 0 saturated carbocycles. The van der Waals surface area contributed by atoms with Crippen molar-refractivity contribution in [3.05, 3.63) is 0 Å². The molecule has 0 aromatic rings. The summed E-state index contributed by atoms with van der Waals surface area (Å²) in [6.07, 6.45) is 24.9. The molecule has 0 spiro atoms. The average Bonchev–Trinajstić information content (AvgIpc) is 2.81. The van der Waals surface area contributed by atoms with E-state index in [2.05, 4.69) is 32.0 Å². The zero-order valence-corrected chi connectivity index (χ0v) is 24.1. The Hall–Kier alpha value is 0.407. The molecule has 198 valence electrons. The van der Waals surface area contributed by atoms with Gasteiger partial charge in [-0.15, -0.1) is 0 Å². The van der Waals surface area contributed by atoms with E-state index in [1.165, 1.54) is 103 Å². The second kappa shape index (κ2) is 22.8. The van der Waals surface area contributed by atoms with Gasteiger partial charge in [0.25, 0.3) is 0 Å². The first-order chi connectivity index (χ1) is 16.3. The van der Waals surface area contributed by atoms with Crippen LogP contribution in [0.25, 0.3) is 0 Å². The van der Waals surface area contributed by atoms with Gasteiger partial charge in [0.1, 0.15) is 0 Å². The number of hydroxylamine groups is 1. The summed E-state index contributed by atoms with van der Waals surface area (Å²) in [7, 11) is -2.62. The molecule has 1 N–H and O–H groups in total. The minimum Gasteiger partial charge on any atom is -0.373 e. The summed E-state index contributed by atoms with van der Waals surface area (Å²) in [5.74, 6) is 1.50. The minimum absolute atomic E-state index is 0.648. The Kier molecular flexibility index (Phi) is 21.8. The van der Waals surface area contributed by atoms with E-state index < -0.39 is 8.80 Å². The van der Waals surface area contributed by atoms with Crippen molar-refractivity contribution < 1.29 is 13.4 Å². The van der Waals surface area contributed by atoms with Crippen LogP contribution >= 0.6 is 12.6 Å². The van der Waals surface area contributed by atoms with Crippen LogP contribution < -0.4 is 5.48 Å². The molecule has 0 amide bonds. The highest BCUT2D eigenvalue weighted by atomic mass is 32.1. The zero-order chi connectivity index (χ0) is 23.9. The first kappa shape index (κ1) is 31.4. The summed E-state index contributed by atoms with van der Waals surface area (Å²) in [5, 5.41) is 0. The third-order valence-electron chi connectivity index (χ3n) is 6.87. The van der Waals surface area contributed by atoms with E-state index in [0.717, 1.165) is 50.8 Å². The van der Waals surface area contributed by atoms with Crippen LogP contribution in [-0.4, -0.2) is 34.3 Å². The van der Waals surface area contributed by atoms with Gasteiger partial charge in [0.15, 0.2) is 0 Å².